The first-order chi connectivity index (χ1) is 9.23. The van der Waals surface area contributed by atoms with E-state index in [4.69, 9.17) is 5.11 Å². The number of rotatable bonds is 4. The van der Waals surface area contributed by atoms with E-state index in [-0.39, 0.29) is 17.8 Å². The molecule has 0 fully saturated rings. The molecule has 0 aliphatic carbocycles. The summed E-state index contributed by atoms with van der Waals surface area (Å²) in [6.07, 6.45) is 1.31. The van der Waals surface area contributed by atoms with E-state index in [0.29, 0.717) is 10.9 Å². The van der Waals surface area contributed by atoms with Crippen LogP contribution in [0.2, 0.25) is 0 Å². The number of halogens is 1. The van der Waals surface area contributed by atoms with Crippen molar-refractivity contribution in [3.63, 3.8) is 0 Å². The number of fused-ring (bicyclic) bond motifs is 1. The lowest BCUT2D eigenvalue weighted by atomic mass is 10.1. The largest absolute Gasteiger partial charge is 0.476 e. The number of benzene rings is 1. The third-order valence-corrected chi connectivity index (χ3v) is 2.83. The Kier molecular flexibility index (Phi) is 3.35. The average Bonchev–Trinajstić information content (AvgIpc) is 2.64. The van der Waals surface area contributed by atoms with Crippen LogP contribution in [-0.2, 0) is 6.54 Å². The Hall–Kier alpha value is -2.21. The van der Waals surface area contributed by atoms with E-state index in [1.54, 1.807) is 13.8 Å². The minimum atomic E-state index is -1.20. The first-order valence-corrected chi connectivity index (χ1v) is 6.01. The van der Waals surface area contributed by atoms with Crippen molar-refractivity contribution in [3.05, 3.63) is 35.8 Å². The molecule has 106 valence electrons. The van der Waals surface area contributed by atoms with Crippen LogP contribution in [0.3, 0.4) is 0 Å². The van der Waals surface area contributed by atoms with Gasteiger partial charge in [-0.25, -0.2) is 9.18 Å². The van der Waals surface area contributed by atoms with E-state index in [2.05, 4.69) is 11.7 Å². The summed E-state index contributed by atoms with van der Waals surface area (Å²) in [5, 5.41) is 23.3. The van der Waals surface area contributed by atoms with Gasteiger partial charge in [-0.15, -0.1) is 0 Å². The van der Waals surface area contributed by atoms with Gasteiger partial charge in [0.05, 0.1) is 17.7 Å². The molecule has 0 spiro atoms. The molecule has 0 saturated heterocycles. The predicted molar refractivity (Wildman–Crippen MR) is 73.0 cm³/mol. The summed E-state index contributed by atoms with van der Waals surface area (Å²) in [7, 11) is 0. The Balaban J connectivity index is 2.74. The van der Waals surface area contributed by atoms with Crippen molar-refractivity contribution < 1.29 is 19.4 Å². The Morgan fingerprint density at radius 2 is 2.20 bits per heavy atom. The SMILES string of the molecule is C=Cc1cc2c(C(=O)O)nn(CC(C)(C)O)c2cc1F. The topological polar surface area (TPSA) is 75.3 Å². The van der Waals surface area contributed by atoms with Crippen LogP contribution in [0.5, 0.6) is 0 Å². The van der Waals surface area contributed by atoms with Gasteiger partial charge >= 0.3 is 5.97 Å². The van der Waals surface area contributed by atoms with E-state index in [1.165, 1.54) is 22.9 Å². The Morgan fingerprint density at radius 1 is 1.55 bits per heavy atom. The maximum atomic E-state index is 13.8. The molecule has 20 heavy (non-hydrogen) atoms. The van der Waals surface area contributed by atoms with Crippen LogP contribution >= 0.6 is 0 Å². The van der Waals surface area contributed by atoms with Gasteiger partial charge in [-0.1, -0.05) is 12.7 Å². The highest BCUT2D eigenvalue weighted by Gasteiger charge is 2.22. The van der Waals surface area contributed by atoms with Crippen LogP contribution in [-0.4, -0.2) is 31.6 Å². The van der Waals surface area contributed by atoms with Crippen LogP contribution < -0.4 is 0 Å². The lowest BCUT2D eigenvalue weighted by Crippen LogP contribution is -2.26. The molecule has 0 unspecified atom stereocenters. The van der Waals surface area contributed by atoms with Gasteiger partial charge in [0.25, 0.3) is 0 Å². The molecular weight excluding hydrogens is 263 g/mol. The zero-order valence-electron chi connectivity index (χ0n) is 11.2. The van der Waals surface area contributed by atoms with Crippen LogP contribution in [0.25, 0.3) is 17.0 Å². The number of hydrogen-bond donors (Lipinski definition) is 2. The Morgan fingerprint density at radius 3 is 2.70 bits per heavy atom. The third-order valence-electron chi connectivity index (χ3n) is 2.83. The van der Waals surface area contributed by atoms with Gasteiger partial charge in [0.2, 0.25) is 0 Å². The first kappa shape index (κ1) is 14.2. The zero-order valence-corrected chi connectivity index (χ0v) is 11.2. The highest BCUT2D eigenvalue weighted by atomic mass is 19.1. The second-order valence-corrected chi connectivity index (χ2v) is 5.22. The van der Waals surface area contributed by atoms with E-state index >= 15 is 0 Å². The fourth-order valence-electron chi connectivity index (χ4n) is 2.01. The Bertz CT molecular complexity index is 698. The average molecular weight is 278 g/mol. The molecule has 0 bridgehead atoms. The predicted octanol–water partition coefficient (Wildman–Crippen LogP) is 2.29. The summed E-state index contributed by atoms with van der Waals surface area (Å²) in [6, 6.07) is 2.60. The normalized spacial score (nSPS) is 11.8. The number of nitrogens with zero attached hydrogens (tertiary/aromatic N) is 2. The number of carbonyl (C=O) groups is 1. The van der Waals surface area contributed by atoms with Gasteiger partial charge in [0.15, 0.2) is 5.69 Å². The van der Waals surface area contributed by atoms with Crippen molar-refractivity contribution in [2.75, 3.05) is 0 Å². The van der Waals surface area contributed by atoms with Gasteiger partial charge < -0.3 is 10.2 Å². The van der Waals surface area contributed by atoms with Gasteiger partial charge in [-0.05, 0) is 19.9 Å². The van der Waals surface area contributed by atoms with Crippen LogP contribution in [0.1, 0.15) is 29.9 Å². The van der Waals surface area contributed by atoms with Gasteiger partial charge in [0.1, 0.15) is 5.82 Å². The standard InChI is InChI=1S/C14H15FN2O3/c1-4-8-5-9-11(6-10(8)15)17(7-14(2,3)20)16-12(9)13(18)19/h4-6,20H,1,7H2,2-3H3,(H,18,19). The monoisotopic (exact) mass is 278 g/mol. The molecule has 6 heteroatoms. The molecule has 0 aliphatic heterocycles. The highest BCUT2D eigenvalue weighted by molar-refractivity contribution is 6.01. The van der Waals surface area contributed by atoms with Gasteiger partial charge in [-0.3, -0.25) is 4.68 Å². The molecule has 0 saturated carbocycles. The molecule has 0 radical (unpaired) electrons. The quantitative estimate of drug-likeness (QED) is 0.899. The number of aliphatic hydroxyl groups is 1. The lowest BCUT2D eigenvalue weighted by molar-refractivity contribution is 0.0576. The van der Waals surface area contributed by atoms with Crippen LogP contribution in [0, 0.1) is 5.82 Å². The zero-order chi connectivity index (χ0) is 15.1. The molecular formula is C14H15FN2O3. The van der Waals surface area contributed by atoms with E-state index in [1.807, 2.05) is 0 Å². The summed E-state index contributed by atoms with van der Waals surface area (Å²) in [6.45, 7) is 6.67. The number of aromatic nitrogens is 2. The fraction of sp³-hybridized carbons (Fsp3) is 0.286. The molecule has 1 aromatic carbocycles. The molecule has 2 aromatic rings. The van der Waals surface area contributed by atoms with Crippen LogP contribution in [0.4, 0.5) is 4.39 Å². The summed E-state index contributed by atoms with van der Waals surface area (Å²) in [5.74, 6) is -1.72. The second kappa shape index (κ2) is 4.72. The van der Waals surface area contributed by atoms with Crippen molar-refractivity contribution in [2.45, 2.75) is 26.0 Å². The summed E-state index contributed by atoms with van der Waals surface area (Å²) < 4.78 is 15.1. The minimum Gasteiger partial charge on any atom is -0.476 e. The van der Waals surface area contributed by atoms with Crippen molar-refractivity contribution in [1.29, 1.82) is 0 Å². The smallest absolute Gasteiger partial charge is 0.357 e. The lowest BCUT2D eigenvalue weighted by Gasteiger charge is -2.17. The molecule has 2 rings (SSSR count). The molecule has 1 heterocycles. The molecule has 0 aliphatic rings. The second-order valence-electron chi connectivity index (χ2n) is 5.22. The van der Waals surface area contributed by atoms with Gasteiger partial charge in [-0.2, -0.15) is 5.10 Å². The number of aromatic carboxylic acids is 1. The number of hydrogen-bond acceptors (Lipinski definition) is 3. The molecule has 5 nitrogen and oxygen atoms in total. The summed E-state index contributed by atoms with van der Waals surface area (Å²) >= 11 is 0. The highest BCUT2D eigenvalue weighted by Crippen LogP contribution is 2.25. The van der Waals surface area contributed by atoms with Crippen LogP contribution in [0.15, 0.2) is 18.7 Å². The maximum Gasteiger partial charge on any atom is 0.357 e. The van der Waals surface area contributed by atoms with Crippen molar-refractivity contribution >= 4 is 22.9 Å². The first-order valence-electron chi connectivity index (χ1n) is 6.01. The molecule has 2 N–H and O–H groups in total. The minimum absolute atomic E-state index is 0.0592. The summed E-state index contributed by atoms with van der Waals surface area (Å²) in [4.78, 5) is 11.2. The van der Waals surface area contributed by atoms with Crippen molar-refractivity contribution in [1.82, 2.24) is 9.78 Å². The maximum absolute atomic E-state index is 13.8. The van der Waals surface area contributed by atoms with Crippen molar-refractivity contribution in [3.8, 4) is 0 Å². The summed E-state index contributed by atoms with van der Waals surface area (Å²) in [5.41, 5.74) is -0.731. The molecule has 0 amide bonds. The Labute approximate surface area is 115 Å². The van der Waals surface area contributed by atoms with E-state index < -0.39 is 17.4 Å². The molecule has 0 atom stereocenters. The van der Waals surface area contributed by atoms with Crippen molar-refractivity contribution in [2.24, 2.45) is 0 Å². The third kappa shape index (κ3) is 2.55. The fourth-order valence-corrected chi connectivity index (χ4v) is 2.01. The van der Waals surface area contributed by atoms with E-state index in [9.17, 15) is 14.3 Å². The van der Waals surface area contributed by atoms with E-state index in [0.717, 1.165) is 0 Å². The number of carboxylic acid groups (broad SMARTS) is 1. The van der Waals surface area contributed by atoms with Gasteiger partial charge in [0, 0.05) is 17.0 Å². The molecule has 1 aromatic heterocycles. The number of carboxylic acids is 1.